The van der Waals surface area contributed by atoms with Gasteiger partial charge in [-0.2, -0.15) is 0 Å². The van der Waals surface area contributed by atoms with Gasteiger partial charge in [0.2, 0.25) is 5.91 Å². The lowest BCUT2D eigenvalue weighted by atomic mass is 9.79. The van der Waals surface area contributed by atoms with Crippen LogP contribution in [0, 0.1) is 5.41 Å². The molecule has 118 valence electrons. The molecule has 1 aliphatic heterocycles. The molecule has 1 saturated heterocycles. The van der Waals surface area contributed by atoms with Crippen molar-refractivity contribution in [3.63, 3.8) is 0 Å². The third-order valence-corrected chi connectivity index (χ3v) is 4.44. The Bertz CT molecular complexity index is 464. The maximum absolute atomic E-state index is 11.9. The number of piperidine rings is 1. The number of ether oxygens (including phenoxy) is 1. The number of carbonyl (C=O) groups excluding carboxylic acids is 1. The highest BCUT2D eigenvalue weighted by atomic mass is 16.5. The van der Waals surface area contributed by atoms with Crippen molar-refractivity contribution in [3.05, 3.63) is 18.2 Å². The molecule has 0 radical (unpaired) electrons. The smallest absolute Gasteiger partial charge is 0.225 e. The van der Waals surface area contributed by atoms with Crippen molar-refractivity contribution in [2.45, 2.75) is 32.9 Å². The van der Waals surface area contributed by atoms with Gasteiger partial charge >= 0.3 is 0 Å². The van der Waals surface area contributed by atoms with Crippen LogP contribution in [0.25, 0.3) is 0 Å². The predicted molar refractivity (Wildman–Crippen MR) is 80.8 cm³/mol. The van der Waals surface area contributed by atoms with E-state index in [1.807, 2.05) is 12.4 Å². The second-order valence-electron chi connectivity index (χ2n) is 5.95. The van der Waals surface area contributed by atoms with Crippen LogP contribution in [0.5, 0.6) is 0 Å². The number of rotatable bonds is 6. The number of hydrogen-bond donors (Lipinski definition) is 1. The maximum Gasteiger partial charge on any atom is 0.225 e. The van der Waals surface area contributed by atoms with Gasteiger partial charge in [0, 0.05) is 38.5 Å². The SMILES string of the molecule is CNC(=O)C1(C)CCN(Cc2nccn2CCOC)CC1. The van der Waals surface area contributed by atoms with Crippen LogP contribution in [0.15, 0.2) is 12.4 Å². The first-order chi connectivity index (χ1) is 10.1. The van der Waals surface area contributed by atoms with Crippen LogP contribution in [-0.4, -0.2) is 54.2 Å². The number of amides is 1. The molecule has 1 aromatic heterocycles. The molecule has 0 aliphatic carbocycles. The minimum atomic E-state index is -0.225. The van der Waals surface area contributed by atoms with E-state index in [4.69, 9.17) is 4.74 Å². The van der Waals surface area contributed by atoms with Crippen molar-refractivity contribution < 1.29 is 9.53 Å². The quantitative estimate of drug-likeness (QED) is 0.846. The molecule has 1 amide bonds. The van der Waals surface area contributed by atoms with E-state index >= 15 is 0 Å². The standard InChI is InChI=1S/C15H26N4O2/c1-15(14(20)16-2)4-7-18(8-5-15)12-13-17-6-9-19(13)10-11-21-3/h6,9H,4-5,7-8,10-12H2,1-3H3,(H,16,20). The summed E-state index contributed by atoms with van der Waals surface area (Å²) in [4.78, 5) is 18.7. The molecular formula is C15H26N4O2. The molecule has 0 unspecified atom stereocenters. The number of methoxy groups -OCH3 is 1. The Hall–Kier alpha value is -1.40. The van der Waals surface area contributed by atoms with Gasteiger partial charge in [-0.1, -0.05) is 6.92 Å². The summed E-state index contributed by atoms with van der Waals surface area (Å²) < 4.78 is 7.25. The Morgan fingerprint density at radius 1 is 1.48 bits per heavy atom. The zero-order valence-corrected chi connectivity index (χ0v) is 13.3. The number of nitrogens with zero attached hydrogens (tertiary/aromatic N) is 3. The van der Waals surface area contributed by atoms with Crippen LogP contribution in [0.3, 0.4) is 0 Å². The minimum absolute atomic E-state index is 0.156. The molecule has 0 spiro atoms. The van der Waals surface area contributed by atoms with E-state index in [2.05, 4.69) is 26.7 Å². The van der Waals surface area contributed by atoms with E-state index in [1.165, 1.54) is 0 Å². The molecule has 2 heterocycles. The van der Waals surface area contributed by atoms with Crippen molar-refractivity contribution in [2.24, 2.45) is 5.41 Å². The Morgan fingerprint density at radius 3 is 2.81 bits per heavy atom. The summed E-state index contributed by atoms with van der Waals surface area (Å²) in [6.07, 6.45) is 5.62. The number of carbonyl (C=O) groups is 1. The van der Waals surface area contributed by atoms with Crippen molar-refractivity contribution in [1.29, 1.82) is 0 Å². The van der Waals surface area contributed by atoms with Crippen molar-refractivity contribution in [2.75, 3.05) is 33.9 Å². The fourth-order valence-electron chi connectivity index (χ4n) is 2.82. The van der Waals surface area contributed by atoms with Gasteiger partial charge < -0.3 is 14.6 Å². The van der Waals surface area contributed by atoms with Gasteiger partial charge in [-0.05, 0) is 25.9 Å². The summed E-state index contributed by atoms with van der Waals surface area (Å²) in [6, 6.07) is 0. The number of imidazole rings is 1. The fourth-order valence-corrected chi connectivity index (χ4v) is 2.82. The molecule has 0 saturated carbocycles. The molecule has 6 heteroatoms. The van der Waals surface area contributed by atoms with Gasteiger partial charge in [0.15, 0.2) is 0 Å². The second-order valence-corrected chi connectivity index (χ2v) is 5.95. The van der Waals surface area contributed by atoms with E-state index in [0.717, 1.165) is 44.8 Å². The largest absolute Gasteiger partial charge is 0.383 e. The molecule has 0 atom stereocenters. The van der Waals surface area contributed by atoms with Crippen molar-refractivity contribution in [3.8, 4) is 0 Å². The Kier molecular flexibility index (Phi) is 5.36. The molecule has 1 fully saturated rings. The lowest BCUT2D eigenvalue weighted by Crippen LogP contribution is -2.46. The second kappa shape index (κ2) is 7.04. The van der Waals surface area contributed by atoms with Crippen LogP contribution in [0.1, 0.15) is 25.6 Å². The molecule has 21 heavy (non-hydrogen) atoms. The van der Waals surface area contributed by atoms with E-state index < -0.39 is 0 Å². The highest BCUT2D eigenvalue weighted by Crippen LogP contribution is 2.31. The maximum atomic E-state index is 11.9. The number of aromatic nitrogens is 2. The number of nitrogens with one attached hydrogen (secondary N) is 1. The number of likely N-dealkylation sites (tertiary alicyclic amines) is 1. The van der Waals surface area contributed by atoms with E-state index in [-0.39, 0.29) is 11.3 Å². The molecule has 2 rings (SSSR count). The summed E-state index contributed by atoms with van der Waals surface area (Å²) >= 11 is 0. The molecule has 0 bridgehead atoms. The summed E-state index contributed by atoms with van der Waals surface area (Å²) in [5, 5.41) is 2.78. The predicted octanol–water partition coefficient (Wildman–Crippen LogP) is 0.878. The van der Waals surface area contributed by atoms with Crippen molar-refractivity contribution in [1.82, 2.24) is 19.8 Å². The Balaban J connectivity index is 1.89. The third-order valence-electron chi connectivity index (χ3n) is 4.44. The van der Waals surface area contributed by atoms with Crippen LogP contribution in [0.4, 0.5) is 0 Å². The Labute approximate surface area is 126 Å². The first kappa shape index (κ1) is 16.0. The van der Waals surface area contributed by atoms with E-state index in [9.17, 15) is 4.79 Å². The lowest BCUT2D eigenvalue weighted by Gasteiger charge is -2.37. The summed E-state index contributed by atoms with van der Waals surface area (Å²) in [6.45, 7) is 6.28. The molecule has 1 aromatic rings. The summed E-state index contributed by atoms with van der Waals surface area (Å²) in [5.74, 6) is 1.22. The van der Waals surface area contributed by atoms with E-state index in [0.29, 0.717) is 6.61 Å². The zero-order chi connectivity index (χ0) is 15.3. The van der Waals surface area contributed by atoms with Gasteiger partial charge in [-0.3, -0.25) is 9.69 Å². The summed E-state index contributed by atoms with van der Waals surface area (Å²) in [5.41, 5.74) is -0.225. The van der Waals surface area contributed by atoms with Crippen LogP contribution < -0.4 is 5.32 Å². The van der Waals surface area contributed by atoms with Gasteiger partial charge in [-0.15, -0.1) is 0 Å². The van der Waals surface area contributed by atoms with Gasteiger partial charge in [0.05, 0.1) is 13.2 Å². The molecule has 1 N–H and O–H groups in total. The minimum Gasteiger partial charge on any atom is -0.383 e. The van der Waals surface area contributed by atoms with Gasteiger partial charge in [0.25, 0.3) is 0 Å². The molecular weight excluding hydrogens is 268 g/mol. The summed E-state index contributed by atoms with van der Waals surface area (Å²) in [7, 11) is 3.42. The first-order valence-corrected chi connectivity index (χ1v) is 7.52. The lowest BCUT2D eigenvalue weighted by molar-refractivity contribution is -0.132. The molecule has 0 aromatic carbocycles. The third kappa shape index (κ3) is 3.83. The Morgan fingerprint density at radius 2 is 2.19 bits per heavy atom. The average Bonchev–Trinajstić information content (AvgIpc) is 2.94. The fraction of sp³-hybridized carbons (Fsp3) is 0.733. The monoisotopic (exact) mass is 294 g/mol. The highest BCUT2D eigenvalue weighted by Gasteiger charge is 2.36. The normalized spacial score (nSPS) is 18.6. The van der Waals surface area contributed by atoms with Crippen LogP contribution >= 0.6 is 0 Å². The molecule has 1 aliphatic rings. The topological polar surface area (TPSA) is 59.4 Å². The highest BCUT2D eigenvalue weighted by molar-refractivity contribution is 5.82. The molecule has 6 nitrogen and oxygen atoms in total. The zero-order valence-electron chi connectivity index (χ0n) is 13.3. The van der Waals surface area contributed by atoms with Crippen molar-refractivity contribution >= 4 is 5.91 Å². The first-order valence-electron chi connectivity index (χ1n) is 7.52. The van der Waals surface area contributed by atoms with Crippen LogP contribution in [0.2, 0.25) is 0 Å². The number of hydrogen-bond acceptors (Lipinski definition) is 4. The average molecular weight is 294 g/mol. The van der Waals surface area contributed by atoms with Gasteiger partial charge in [-0.25, -0.2) is 4.98 Å². The van der Waals surface area contributed by atoms with E-state index in [1.54, 1.807) is 14.2 Å². The van der Waals surface area contributed by atoms with Crippen LogP contribution in [-0.2, 0) is 22.6 Å². The van der Waals surface area contributed by atoms with Gasteiger partial charge in [0.1, 0.15) is 5.82 Å².